The molecule has 2 amide bonds. The minimum atomic E-state index is -0.311. The van der Waals surface area contributed by atoms with Crippen LogP contribution in [0.25, 0.3) is 11.3 Å². The fourth-order valence-corrected chi connectivity index (χ4v) is 3.13. The molecule has 1 atom stereocenters. The highest BCUT2D eigenvalue weighted by Gasteiger charge is 2.16. The van der Waals surface area contributed by atoms with Gasteiger partial charge in [-0.15, -0.1) is 0 Å². The van der Waals surface area contributed by atoms with E-state index in [4.69, 9.17) is 4.74 Å². The summed E-state index contributed by atoms with van der Waals surface area (Å²) in [5.41, 5.74) is 4.04. The summed E-state index contributed by atoms with van der Waals surface area (Å²) in [6, 6.07) is 17.2. The van der Waals surface area contributed by atoms with Crippen LogP contribution < -0.4 is 15.4 Å². The summed E-state index contributed by atoms with van der Waals surface area (Å²) in [5.74, 6) is 1.28. The van der Waals surface area contributed by atoms with Crippen LogP contribution in [0.1, 0.15) is 31.0 Å². The maximum atomic E-state index is 12.5. The SMILES string of the molecule is CCOc1ccc(C)cc1C(C)NC(=O)Nc1cc(-c2ccccc2)n(C)n1. The lowest BCUT2D eigenvalue weighted by molar-refractivity contribution is 0.249. The Morgan fingerprint density at radius 1 is 1.18 bits per heavy atom. The minimum absolute atomic E-state index is 0.209. The van der Waals surface area contributed by atoms with Crippen molar-refractivity contribution in [3.63, 3.8) is 0 Å². The molecule has 2 N–H and O–H groups in total. The summed E-state index contributed by atoms with van der Waals surface area (Å²) in [5, 5.41) is 10.2. The van der Waals surface area contributed by atoms with Crippen LogP contribution in [0.4, 0.5) is 10.6 Å². The zero-order chi connectivity index (χ0) is 20.1. The van der Waals surface area contributed by atoms with Crippen LogP contribution in [0.2, 0.25) is 0 Å². The molecular formula is C22H26N4O2. The smallest absolute Gasteiger partial charge is 0.320 e. The second-order valence-electron chi connectivity index (χ2n) is 6.70. The van der Waals surface area contributed by atoms with E-state index in [1.54, 1.807) is 4.68 Å². The van der Waals surface area contributed by atoms with Gasteiger partial charge in [0, 0.05) is 18.7 Å². The predicted molar refractivity (Wildman–Crippen MR) is 112 cm³/mol. The molecule has 1 heterocycles. The number of amides is 2. The first kappa shape index (κ1) is 19.5. The summed E-state index contributed by atoms with van der Waals surface area (Å²) in [4.78, 5) is 12.5. The third-order valence-corrected chi connectivity index (χ3v) is 4.47. The molecule has 0 fully saturated rings. The number of aryl methyl sites for hydroxylation is 2. The van der Waals surface area contributed by atoms with Crippen LogP contribution in [0.15, 0.2) is 54.6 Å². The topological polar surface area (TPSA) is 68.2 Å². The summed E-state index contributed by atoms with van der Waals surface area (Å²) in [6.45, 7) is 6.47. The van der Waals surface area contributed by atoms with Gasteiger partial charge in [0.25, 0.3) is 0 Å². The number of ether oxygens (including phenoxy) is 1. The Morgan fingerprint density at radius 3 is 2.64 bits per heavy atom. The molecule has 6 heteroatoms. The number of benzene rings is 2. The summed E-state index contributed by atoms with van der Waals surface area (Å²) >= 11 is 0. The highest BCUT2D eigenvalue weighted by Crippen LogP contribution is 2.27. The number of hydrogen-bond acceptors (Lipinski definition) is 3. The molecule has 146 valence electrons. The molecule has 3 rings (SSSR count). The van der Waals surface area contributed by atoms with E-state index in [0.29, 0.717) is 12.4 Å². The number of anilines is 1. The van der Waals surface area contributed by atoms with Crippen molar-refractivity contribution in [3.8, 4) is 17.0 Å². The Morgan fingerprint density at radius 2 is 1.93 bits per heavy atom. The molecule has 0 radical (unpaired) electrons. The fraction of sp³-hybridized carbons (Fsp3) is 0.273. The van der Waals surface area contributed by atoms with Crippen molar-refractivity contribution >= 4 is 11.8 Å². The number of urea groups is 1. The van der Waals surface area contributed by atoms with Crippen LogP contribution >= 0.6 is 0 Å². The van der Waals surface area contributed by atoms with Crippen molar-refractivity contribution in [1.29, 1.82) is 0 Å². The lowest BCUT2D eigenvalue weighted by Gasteiger charge is -2.18. The van der Waals surface area contributed by atoms with Crippen molar-refractivity contribution in [2.24, 2.45) is 7.05 Å². The van der Waals surface area contributed by atoms with Gasteiger partial charge in [-0.25, -0.2) is 4.79 Å². The zero-order valence-corrected chi connectivity index (χ0v) is 16.7. The predicted octanol–water partition coefficient (Wildman–Crippen LogP) is 4.68. The van der Waals surface area contributed by atoms with Crippen LogP contribution in [0, 0.1) is 6.92 Å². The van der Waals surface area contributed by atoms with Gasteiger partial charge in [-0.1, -0.05) is 48.0 Å². The van der Waals surface area contributed by atoms with Gasteiger partial charge in [0.1, 0.15) is 5.75 Å². The number of nitrogens with zero attached hydrogens (tertiary/aromatic N) is 2. The van der Waals surface area contributed by atoms with Gasteiger partial charge >= 0.3 is 6.03 Å². The van der Waals surface area contributed by atoms with Gasteiger partial charge in [0.15, 0.2) is 5.82 Å². The molecule has 1 unspecified atom stereocenters. The maximum absolute atomic E-state index is 12.5. The van der Waals surface area contributed by atoms with E-state index in [0.717, 1.165) is 28.1 Å². The summed E-state index contributed by atoms with van der Waals surface area (Å²) in [7, 11) is 1.86. The lowest BCUT2D eigenvalue weighted by Crippen LogP contribution is -2.31. The van der Waals surface area contributed by atoms with Crippen LogP contribution in [-0.2, 0) is 7.05 Å². The van der Waals surface area contributed by atoms with Crippen molar-refractivity contribution in [3.05, 3.63) is 65.7 Å². The van der Waals surface area contributed by atoms with Crippen molar-refractivity contribution < 1.29 is 9.53 Å². The largest absolute Gasteiger partial charge is 0.494 e. The molecule has 0 aliphatic rings. The Labute approximate surface area is 165 Å². The van der Waals surface area contributed by atoms with E-state index in [-0.39, 0.29) is 12.1 Å². The maximum Gasteiger partial charge on any atom is 0.320 e. The van der Waals surface area contributed by atoms with Gasteiger partial charge in [-0.3, -0.25) is 10.00 Å². The van der Waals surface area contributed by atoms with E-state index in [2.05, 4.69) is 15.7 Å². The van der Waals surface area contributed by atoms with Crippen LogP contribution in [-0.4, -0.2) is 22.4 Å². The van der Waals surface area contributed by atoms with E-state index < -0.39 is 0 Å². The quantitative estimate of drug-likeness (QED) is 0.654. The first-order valence-corrected chi connectivity index (χ1v) is 9.38. The molecule has 0 spiro atoms. The number of hydrogen-bond donors (Lipinski definition) is 2. The molecule has 6 nitrogen and oxygen atoms in total. The second kappa shape index (κ2) is 8.61. The summed E-state index contributed by atoms with van der Waals surface area (Å²) < 4.78 is 7.45. The van der Waals surface area contributed by atoms with Crippen LogP contribution in [0.3, 0.4) is 0 Å². The molecule has 3 aromatic rings. The molecular weight excluding hydrogens is 352 g/mol. The van der Waals surface area contributed by atoms with E-state index in [9.17, 15) is 4.79 Å². The molecule has 28 heavy (non-hydrogen) atoms. The molecule has 0 aliphatic carbocycles. The molecule has 0 saturated heterocycles. The number of carbonyl (C=O) groups is 1. The number of aromatic nitrogens is 2. The molecule has 0 bridgehead atoms. The first-order chi connectivity index (χ1) is 13.5. The van der Waals surface area contributed by atoms with Gasteiger partial charge in [-0.2, -0.15) is 5.10 Å². The van der Waals surface area contributed by atoms with Crippen molar-refractivity contribution in [2.75, 3.05) is 11.9 Å². The molecule has 0 aliphatic heterocycles. The van der Waals surface area contributed by atoms with Gasteiger partial charge in [0.05, 0.1) is 18.3 Å². The average Bonchev–Trinajstić information content (AvgIpc) is 3.03. The number of rotatable bonds is 6. The average molecular weight is 378 g/mol. The Kier molecular flexibility index (Phi) is 5.99. The highest BCUT2D eigenvalue weighted by molar-refractivity contribution is 5.89. The molecule has 0 saturated carbocycles. The Balaban J connectivity index is 1.70. The van der Waals surface area contributed by atoms with Gasteiger partial charge in [-0.05, 0) is 32.4 Å². The van der Waals surface area contributed by atoms with Gasteiger partial charge < -0.3 is 10.1 Å². The number of carbonyl (C=O) groups excluding carboxylic acids is 1. The monoisotopic (exact) mass is 378 g/mol. The number of nitrogens with one attached hydrogen (secondary N) is 2. The Hall–Kier alpha value is -3.28. The fourth-order valence-electron chi connectivity index (χ4n) is 3.13. The Bertz CT molecular complexity index is 950. The highest BCUT2D eigenvalue weighted by atomic mass is 16.5. The van der Waals surface area contributed by atoms with Gasteiger partial charge in [0.2, 0.25) is 0 Å². The van der Waals surface area contributed by atoms with E-state index in [1.165, 1.54) is 0 Å². The standard InChI is InChI=1S/C22H26N4O2/c1-5-28-20-12-11-15(2)13-18(20)16(3)23-22(27)24-21-14-19(26(4)25-21)17-9-7-6-8-10-17/h6-14,16H,5H2,1-4H3,(H2,23,24,25,27). The van der Waals surface area contributed by atoms with E-state index in [1.807, 2.05) is 82.4 Å². The third-order valence-electron chi connectivity index (χ3n) is 4.47. The van der Waals surface area contributed by atoms with Crippen molar-refractivity contribution in [1.82, 2.24) is 15.1 Å². The third kappa shape index (κ3) is 4.52. The zero-order valence-electron chi connectivity index (χ0n) is 16.7. The second-order valence-corrected chi connectivity index (χ2v) is 6.70. The lowest BCUT2D eigenvalue weighted by atomic mass is 10.0. The molecule has 2 aromatic carbocycles. The first-order valence-electron chi connectivity index (χ1n) is 9.38. The summed E-state index contributed by atoms with van der Waals surface area (Å²) in [6.07, 6.45) is 0. The molecule has 1 aromatic heterocycles. The van der Waals surface area contributed by atoms with E-state index >= 15 is 0 Å². The normalized spacial score (nSPS) is 11.7. The van der Waals surface area contributed by atoms with Crippen LogP contribution in [0.5, 0.6) is 5.75 Å². The minimum Gasteiger partial charge on any atom is -0.494 e. The van der Waals surface area contributed by atoms with Crippen molar-refractivity contribution in [2.45, 2.75) is 26.8 Å².